The highest BCUT2D eigenvalue weighted by molar-refractivity contribution is 5.75. The second kappa shape index (κ2) is 7.06. The third-order valence-corrected chi connectivity index (χ3v) is 1.49. The Labute approximate surface area is 82.9 Å². The summed E-state index contributed by atoms with van der Waals surface area (Å²) in [7, 11) is 0. The van der Waals surface area contributed by atoms with E-state index >= 15 is 0 Å². The monoisotopic (exact) mass is 198 g/mol. The molecule has 78 valence electrons. The fourth-order valence-corrected chi connectivity index (χ4v) is 0.808. The number of rotatable bonds is 5. The Balaban J connectivity index is 3.83. The minimum Gasteiger partial charge on any atom is -0.421 e. The van der Waals surface area contributed by atoms with E-state index in [1.807, 2.05) is 19.9 Å². The molecule has 0 rings (SSSR count). The summed E-state index contributed by atoms with van der Waals surface area (Å²) in [6.07, 6.45) is 2.20. The maximum Gasteiger partial charge on any atom is 0.340 e. The molecule has 1 atom stereocenters. The van der Waals surface area contributed by atoms with E-state index in [1.54, 1.807) is 0 Å². The van der Waals surface area contributed by atoms with E-state index < -0.39 is 12.1 Å². The number of aliphatic hydroxyl groups is 1. The lowest BCUT2D eigenvalue weighted by molar-refractivity contribution is -0.147. The third kappa shape index (κ3) is 6.17. The molecule has 0 fully saturated rings. The summed E-state index contributed by atoms with van der Waals surface area (Å²) in [5.74, 6) is 0.463. The van der Waals surface area contributed by atoms with E-state index in [9.17, 15) is 14.7 Å². The number of ether oxygens (including phenoxy) is 1. The van der Waals surface area contributed by atoms with E-state index in [4.69, 9.17) is 0 Å². The van der Waals surface area contributed by atoms with Crippen LogP contribution in [0.25, 0.3) is 0 Å². The van der Waals surface area contributed by atoms with Crippen molar-refractivity contribution in [1.29, 1.82) is 0 Å². The van der Waals surface area contributed by atoms with Crippen molar-refractivity contribution in [2.24, 2.45) is 0 Å². The summed E-state index contributed by atoms with van der Waals surface area (Å²) >= 11 is 0. The molecule has 0 spiro atoms. The normalized spacial score (nSPS) is 11.1. The molecule has 0 aromatic carbocycles. The predicted molar refractivity (Wildman–Crippen MR) is 51.0 cm³/mol. The maximum absolute atomic E-state index is 10.9. The molecule has 0 amide bonds. The van der Waals surface area contributed by atoms with Gasteiger partial charge in [-0.25, -0.2) is 9.59 Å². The lowest BCUT2D eigenvalue weighted by atomic mass is 10.1. The Hall–Kier alpha value is -1.38. The van der Waals surface area contributed by atoms with Crippen LogP contribution in [0, 0.1) is 0 Å². The molecule has 0 saturated heterocycles. The molecular formula is C10H14O4. The molecule has 0 saturated carbocycles. The Bertz CT molecular complexity index is 257. The maximum atomic E-state index is 10.9. The van der Waals surface area contributed by atoms with E-state index in [2.05, 4.69) is 4.74 Å². The average molecular weight is 198 g/mol. The Morgan fingerprint density at radius 2 is 2.21 bits per heavy atom. The molecule has 0 radical (unpaired) electrons. The molecule has 0 bridgehead atoms. The van der Waals surface area contributed by atoms with Crippen LogP contribution in [0.5, 0.6) is 0 Å². The predicted octanol–water partition coefficient (Wildman–Crippen LogP) is 0.982. The number of allylic oxidation sites excluding steroid dienone is 2. The van der Waals surface area contributed by atoms with Gasteiger partial charge in [0.1, 0.15) is 0 Å². The van der Waals surface area contributed by atoms with Crippen molar-refractivity contribution in [2.45, 2.75) is 32.8 Å². The van der Waals surface area contributed by atoms with Gasteiger partial charge in [0.15, 0.2) is 18.3 Å². The topological polar surface area (TPSA) is 63.6 Å². The molecular weight excluding hydrogens is 184 g/mol. The zero-order chi connectivity index (χ0) is 11.0. The molecule has 14 heavy (non-hydrogen) atoms. The van der Waals surface area contributed by atoms with Crippen LogP contribution < -0.4 is 0 Å². The summed E-state index contributed by atoms with van der Waals surface area (Å²) in [6.45, 7) is 3.86. The van der Waals surface area contributed by atoms with Gasteiger partial charge in [0.25, 0.3) is 0 Å². The van der Waals surface area contributed by atoms with Crippen molar-refractivity contribution in [3.05, 3.63) is 17.9 Å². The fourth-order valence-electron chi connectivity index (χ4n) is 0.808. The number of aliphatic hydroxyl groups excluding tert-OH is 1. The smallest absolute Gasteiger partial charge is 0.340 e. The van der Waals surface area contributed by atoms with E-state index in [0.29, 0.717) is 12.7 Å². The van der Waals surface area contributed by atoms with Crippen LogP contribution in [0.4, 0.5) is 0 Å². The van der Waals surface area contributed by atoms with Crippen LogP contribution in [0.3, 0.4) is 0 Å². The highest BCUT2D eigenvalue weighted by Crippen LogP contribution is 2.03. The lowest BCUT2D eigenvalue weighted by Gasteiger charge is -2.05. The zero-order valence-corrected chi connectivity index (χ0v) is 8.32. The first-order valence-corrected chi connectivity index (χ1v) is 4.29. The second-order valence-electron chi connectivity index (χ2n) is 3.05. The molecule has 1 unspecified atom stereocenters. The van der Waals surface area contributed by atoms with E-state index in [-0.39, 0.29) is 6.42 Å². The van der Waals surface area contributed by atoms with Crippen molar-refractivity contribution in [1.82, 2.24) is 0 Å². The van der Waals surface area contributed by atoms with Gasteiger partial charge in [-0.1, -0.05) is 11.6 Å². The molecule has 0 aliphatic heterocycles. The lowest BCUT2D eigenvalue weighted by Crippen LogP contribution is -2.20. The molecule has 0 aliphatic carbocycles. The van der Waals surface area contributed by atoms with Crippen LogP contribution in [-0.4, -0.2) is 23.1 Å². The molecule has 4 heteroatoms. The Morgan fingerprint density at radius 1 is 1.57 bits per heavy atom. The highest BCUT2D eigenvalue weighted by atomic mass is 16.5. The van der Waals surface area contributed by atoms with Crippen LogP contribution >= 0.6 is 0 Å². The summed E-state index contributed by atoms with van der Waals surface area (Å²) in [5, 5.41) is 9.20. The molecule has 4 nitrogen and oxygen atoms in total. The quantitative estimate of drug-likeness (QED) is 0.309. The molecule has 0 heterocycles. The first kappa shape index (κ1) is 12.6. The van der Waals surface area contributed by atoms with Gasteiger partial charge in [0.05, 0.1) is 0 Å². The number of carbonyl (C=O) groups excluding carboxylic acids is 2. The standard InChI is InChI=1S/C10H14O4/c1-8(2)4-3-5-9(12)10(13)14-7-6-11/h4,7,9,12H,3,5H2,1-2H3. The van der Waals surface area contributed by atoms with Gasteiger partial charge in [-0.2, -0.15) is 0 Å². The van der Waals surface area contributed by atoms with Gasteiger partial charge >= 0.3 is 5.97 Å². The van der Waals surface area contributed by atoms with Crippen molar-refractivity contribution in [3.8, 4) is 0 Å². The minimum atomic E-state index is -1.19. The zero-order valence-electron chi connectivity index (χ0n) is 8.32. The number of hydrogen-bond donors (Lipinski definition) is 1. The highest BCUT2D eigenvalue weighted by Gasteiger charge is 2.14. The van der Waals surface area contributed by atoms with Crippen molar-refractivity contribution < 1.29 is 19.4 Å². The summed E-state index contributed by atoms with van der Waals surface area (Å²) in [5.41, 5.74) is 1.12. The van der Waals surface area contributed by atoms with E-state index in [0.717, 1.165) is 5.57 Å². The van der Waals surface area contributed by atoms with Gasteiger partial charge in [-0.05, 0) is 26.7 Å². The third-order valence-electron chi connectivity index (χ3n) is 1.49. The first-order valence-electron chi connectivity index (χ1n) is 4.29. The van der Waals surface area contributed by atoms with Gasteiger partial charge in [-0.3, -0.25) is 0 Å². The summed E-state index contributed by atoms with van der Waals surface area (Å²) < 4.78 is 4.25. The average Bonchev–Trinajstić information content (AvgIpc) is 2.13. The van der Waals surface area contributed by atoms with Crippen LogP contribution in [-0.2, 0) is 14.3 Å². The molecule has 0 aromatic heterocycles. The molecule has 0 aliphatic rings. The van der Waals surface area contributed by atoms with Crippen molar-refractivity contribution in [2.75, 3.05) is 0 Å². The number of hydrogen-bond acceptors (Lipinski definition) is 4. The Kier molecular flexibility index (Phi) is 6.37. The Morgan fingerprint density at radius 3 is 2.71 bits per heavy atom. The minimum absolute atomic E-state index is 0.288. The van der Waals surface area contributed by atoms with Crippen LogP contribution in [0.1, 0.15) is 26.7 Å². The molecule has 1 N–H and O–H groups in total. The summed E-state index contributed by atoms with van der Waals surface area (Å²) in [4.78, 5) is 20.6. The van der Waals surface area contributed by atoms with Crippen molar-refractivity contribution in [3.63, 3.8) is 0 Å². The van der Waals surface area contributed by atoms with Crippen molar-refractivity contribution >= 4 is 11.9 Å². The van der Waals surface area contributed by atoms with Gasteiger partial charge in [0, 0.05) is 0 Å². The first-order chi connectivity index (χ1) is 6.57. The van der Waals surface area contributed by atoms with Gasteiger partial charge < -0.3 is 9.84 Å². The number of carbonyl (C=O) groups is 1. The van der Waals surface area contributed by atoms with E-state index in [1.165, 1.54) is 5.94 Å². The SMILES string of the molecule is CC(C)=CCCC(O)C(=O)OC=C=O. The van der Waals surface area contributed by atoms with Gasteiger partial charge in [0.2, 0.25) is 0 Å². The number of esters is 1. The fraction of sp³-hybridized carbons (Fsp3) is 0.500. The van der Waals surface area contributed by atoms with Gasteiger partial charge in [-0.15, -0.1) is 0 Å². The van der Waals surface area contributed by atoms with Crippen LogP contribution in [0.15, 0.2) is 17.9 Å². The largest absolute Gasteiger partial charge is 0.421 e. The molecule has 0 aromatic rings. The van der Waals surface area contributed by atoms with Crippen LogP contribution in [0.2, 0.25) is 0 Å². The summed E-state index contributed by atoms with van der Waals surface area (Å²) in [6, 6.07) is 0. The second-order valence-corrected chi connectivity index (χ2v) is 3.05.